The van der Waals surface area contributed by atoms with Crippen LogP contribution in [0.3, 0.4) is 0 Å². The zero-order chi connectivity index (χ0) is 17.8. The molecule has 0 aliphatic rings. The number of rotatable bonds is 5. The van der Waals surface area contributed by atoms with Crippen LogP contribution in [0.4, 0.5) is 10.1 Å². The van der Waals surface area contributed by atoms with E-state index >= 15 is 0 Å². The van der Waals surface area contributed by atoms with Crippen LogP contribution < -0.4 is 5.32 Å². The fourth-order valence-electron chi connectivity index (χ4n) is 2.43. The van der Waals surface area contributed by atoms with E-state index in [-0.39, 0.29) is 5.69 Å². The summed E-state index contributed by atoms with van der Waals surface area (Å²) in [6.45, 7) is 1.72. The molecular weight excluding hydrogens is 325 g/mol. The summed E-state index contributed by atoms with van der Waals surface area (Å²) in [5.74, 6) is -0.494. The SMILES string of the molecule is CO[C@H](C(=O)Nc1cc(-n2nnnc2C)ccc1F)c1ccccc1. The molecule has 0 fully saturated rings. The molecule has 1 aromatic heterocycles. The number of nitrogens with zero attached hydrogens (tertiary/aromatic N) is 4. The molecule has 7 nitrogen and oxygen atoms in total. The van der Waals surface area contributed by atoms with Gasteiger partial charge in [-0.05, 0) is 41.1 Å². The van der Waals surface area contributed by atoms with Crippen LogP contribution in [0, 0.1) is 12.7 Å². The maximum atomic E-state index is 14.1. The molecule has 0 saturated heterocycles. The van der Waals surface area contributed by atoms with Crippen molar-refractivity contribution in [3.63, 3.8) is 0 Å². The number of tetrazole rings is 1. The van der Waals surface area contributed by atoms with Crippen LogP contribution in [0.25, 0.3) is 5.69 Å². The monoisotopic (exact) mass is 341 g/mol. The standard InChI is InChI=1S/C17H16FN5O2/c1-11-20-21-22-23(11)13-8-9-14(18)15(10-13)19-17(24)16(25-2)12-6-4-3-5-7-12/h3-10,16H,1-2H3,(H,19,24)/t16-/m0/s1. The summed E-state index contributed by atoms with van der Waals surface area (Å²) in [7, 11) is 1.43. The van der Waals surface area contributed by atoms with Crippen molar-refractivity contribution in [1.82, 2.24) is 20.2 Å². The van der Waals surface area contributed by atoms with Gasteiger partial charge in [0.2, 0.25) is 0 Å². The van der Waals surface area contributed by atoms with Gasteiger partial charge in [0.25, 0.3) is 5.91 Å². The Morgan fingerprint density at radius 1 is 1.24 bits per heavy atom. The van der Waals surface area contributed by atoms with Crippen molar-refractivity contribution in [1.29, 1.82) is 0 Å². The Kier molecular flexibility index (Phi) is 4.80. The topological polar surface area (TPSA) is 81.9 Å². The Morgan fingerprint density at radius 2 is 2.00 bits per heavy atom. The summed E-state index contributed by atoms with van der Waals surface area (Å²) in [4.78, 5) is 12.5. The molecule has 0 bridgehead atoms. The molecular formula is C17H16FN5O2. The average molecular weight is 341 g/mol. The lowest BCUT2D eigenvalue weighted by Gasteiger charge is -2.16. The van der Waals surface area contributed by atoms with Crippen molar-refractivity contribution < 1.29 is 13.9 Å². The van der Waals surface area contributed by atoms with E-state index in [1.807, 2.05) is 6.07 Å². The molecule has 8 heteroatoms. The van der Waals surface area contributed by atoms with E-state index in [0.29, 0.717) is 17.1 Å². The maximum absolute atomic E-state index is 14.1. The Bertz CT molecular complexity index is 882. The van der Waals surface area contributed by atoms with Gasteiger partial charge < -0.3 is 10.1 Å². The van der Waals surface area contributed by atoms with Gasteiger partial charge in [0.15, 0.2) is 11.9 Å². The smallest absolute Gasteiger partial charge is 0.258 e. The van der Waals surface area contributed by atoms with Gasteiger partial charge in [-0.2, -0.15) is 4.68 Å². The summed E-state index contributed by atoms with van der Waals surface area (Å²) in [6.07, 6.45) is -0.848. The van der Waals surface area contributed by atoms with Gasteiger partial charge in [-0.25, -0.2) is 4.39 Å². The lowest BCUT2D eigenvalue weighted by Crippen LogP contribution is -2.23. The molecule has 3 aromatic rings. The highest BCUT2D eigenvalue weighted by atomic mass is 19.1. The quantitative estimate of drug-likeness (QED) is 0.771. The third-order valence-corrected chi connectivity index (χ3v) is 3.65. The molecule has 25 heavy (non-hydrogen) atoms. The second kappa shape index (κ2) is 7.18. The number of methoxy groups -OCH3 is 1. The summed E-state index contributed by atoms with van der Waals surface area (Å²) >= 11 is 0. The van der Waals surface area contributed by atoms with Crippen molar-refractivity contribution in [3.05, 3.63) is 65.7 Å². The number of hydrogen-bond acceptors (Lipinski definition) is 5. The van der Waals surface area contributed by atoms with Gasteiger partial charge >= 0.3 is 0 Å². The Balaban J connectivity index is 1.87. The maximum Gasteiger partial charge on any atom is 0.258 e. The number of amides is 1. The molecule has 3 rings (SSSR count). The number of nitrogens with one attached hydrogen (secondary N) is 1. The summed E-state index contributed by atoms with van der Waals surface area (Å²) in [6, 6.07) is 13.2. The van der Waals surface area contributed by atoms with Crippen LogP contribution in [0.1, 0.15) is 17.5 Å². The molecule has 1 atom stereocenters. The second-order valence-corrected chi connectivity index (χ2v) is 5.32. The van der Waals surface area contributed by atoms with Crippen LogP contribution >= 0.6 is 0 Å². The molecule has 1 heterocycles. The number of benzene rings is 2. The van der Waals surface area contributed by atoms with Crippen LogP contribution in [0.5, 0.6) is 0 Å². The lowest BCUT2D eigenvalue weighted by molar-refractivity contribution is -0.126. The molecule has 0 saturated carbocycles. The first-order chi connectivity index (χ1) is 12.1. The van der Waals surface area contributed by atoms with Crippen molar-refractivity contribution in [3.8, 4) is 5.69 Å². The van der Waals surface area contributed by atoms with Crippen LogP contribution in [0.15, 0.2) is 48.5 Å². The molecule has 2 aromatic carbocycles. The summed E-state index contributed by atoms with van der Waals surface area (Å²) in [5.41, 5.74) is 1.23. The minimum Gasteiger partial charge on any atom is -0.367 e. The largest absolute Gasteiger partial charge is 0.367 e. The van der Waals surface area contributed by atoms with E-state index in [0.717, 1.165) is 0 Å². The molecule has 0 unspecified atom stereocenters. The zero-order valence-electron chi connectivity index (χ0n) is 13.7. The van der Waals surface area contributed by atoms with Crippen molar-refractivity contribution in [2.45, 2.75) is 13.0 Å². The molecule has 1 N–H and O–H groups in total. The number of hydrogen-bond donors (Lipinski definition) is 1. The van der Waals surface area contributed by atoms with E-state index in [1.165, 1.54) is 30.0 Å². The molecule has 128 valence electrons. The fraction of sp³-hybridized carbons (Fsp3) is 0.176. The van der Waals surface area contributed by atoms with E-state index in [9.17, 15) is 9.18 Å². The van der Waals surface area contributed by atoms with Gasteiger partial charge in [-0.15, -0.1) is 5.10 Å². The lowest BCUT2D eigenvalue weighted by atomic mass is 10.1. The highest BCUT2D eigenvalue weighted by Gasteiger charge is 2.21. The Labute approximate surface area is 143 Å². The average Bonchev–Trinajstić information content (AvgIpc) is 3.04. The van der Waals surface area contributed by atoms with Crippen molar-refractivity contribution in [2.75, 3.05) is 12.4 Å². The van der Waals surface area contributed by atoms with E-state index in [1.54, 1.807) is 31.2 Å². The van der Waals surface area contributed by atoms with Crippen LogP contribution in [0.2, 0.25) is 0 Å². The second-order valence-electron chi connectivity index (χ2n) is 5.32. The third-order valence-electron chi connectivity index (χ3n) is 3.65. The van der Waals surface area contributed by atoms with Crippen LogP contribution in [-0.4, -0.2) is 33.2 Å². The minimum atomic E-state index is -0.848. The fourth-order valence-corrected chi connectivity index (χ4v) is 2.43. The van der Waals surface area contributed by atoms with Crippen LogP contribution in [-0.2, 0) is 9.53 Å². The normalized spacial score (nSPS) is 12.0. The summed E-state index contributed by atoms with van der Waals surface area (Å²) < 4.78 is 20.8. The molecule has 0 spiro atoms. The first kappa shape index (κ1) is 16.7. The number of aryl methyl sites for hydroxylation is 1. The highest BCUT2D eigenvalue weighted by molar-refractivity contribution is 5.95. The minimum absolute atomic E-state index is 0.0235. The van der Waals surface area contributed by atoms with E-state index in [4.69, 9.17) is 4.74 Å². The van der Waals surface area contributed by atoms with Gasteiger partial charge in [-0.3, -0.25) is 4.79 Å². The third kappa shape index (κ3) is 3.53. The predicted octanol–water partition coefficient (Wildman–Crippen LogP) is 2.44. The first-order valence-electron chi connectivity index (χ1n) is 7.53. The number of carbonyl (C=O) groups is 1. The number of halogens is 1. The molecule has 1 amide bonds. The van der Waals surface area contributed by atoms with Gasteiger partial charge in [0.05, 0.1) is 11.4 Å². The number of carbonyl (C=O) groups excluding carboxylic acids is 1. The zero-order valence-corrected chi connectivity index (χ0v) is 13.7. The van der Waals surface area contributed by atoms with Gasteiger partial charge in [0.1, 0.15) is 5.82 Å². The molecule has 0 radical (unpaired) electrons. The number of ether oxygens (including phenoxy) is 1. The Hall–Kier alpha value is -3.13. The highest BCUT2D eigenvalue weighted by Crippen LogP contribution is 2.23. The molecule has 0 aliphatic heterocycles. The number of aromatic nitrogens is 4. The first-order valence-corrected chi connectivity index (χ1v) is 7.53. The Morgan fingerprint density at radius 3 is 2.64 bits per heavy atom. The van der Waals surface area contributed by atoms with E-state index < -0.39 is 17.8 Å². The van der Waals surface area contributed by atoms with E-state index in [2.05, 4.69) is 20.8 Å². The number of anilines is 1. The van der Waals surface area contributed by atoms with Crippen molar-refractivity contribution >= 4 is 11.6 Å². The van der Waals surface area contributed by atoms with Gasteiger partial charge in [0, 0.05) is 7.11 Å². The van der Waals surface area contributed by atoms with Crippen molar-refractivity contribution in [2.24, 2.45) is 0 Å². The summed E-state index contributed by atoms with van der Waals surface area (Å²) in [5, 5.41) is 13.7. The van der Waals surface area contributed by atoms with Gasteiger partial charge in [-0.1, -0.05) is 30.3 Å². The predicted molar refractivity (Wildman–Crippen MR) is 88.7 cm³/mol. The molecule has 0 aliphatic carbocycles.